The van der Waals surface area contributed by atoms with Crippen molar-refractivity contribution in [1.29, 1.82) is 0 Å². The number of aromatic nitrogens is 1. The van der Waals surface area contributed by atoms with Gasteiger partial charge in [0.2, 0.25) is 0 Å². The molecule has 0 spiro atoms. The van der Waals surface area contributed by atoms with Crippen LogP contribution in [0.1, 0.15) is 31.0 Å². The number of thiocarbonyl (C=S) groups is 1. The standard InChI is InChI=1S/C14H21N3OS/c1-2-18-12-5-8-17(9-6-12)10-11-4-3-7-16-13(11)14(15)19/h3-4,7,12H,2,5-6,8-10H2,1H3,(H2,15,19). The summed E-state index contributed by atoms with van der Waals surface area (Å²) in [5.74, 6) is 0. The zero-order valence-corrected chi connectivity index (χ0v) is 12.2. The molecule has 1 fully saturated rings. The fourth-order valence-electron chi connectivity index (χ4n) is 2.50. The molecule has 0 aliphatic carbocycles. The first-order chi connectivity index (χ1) is 9.20. The highest BCUT2D eigenvalue weighted by Gasteiger charge is 2.20. The average molecular weight is 279 g/mol. The highest BCUT2D eigenvalue weighted by Crippen LogP contribution is 2.17. The Bertz CT molecular complexity index is 430. The van der Waals surface area contributed by atoms with Crippen LogP contribution in [0.5, 0.6) is 0 Å². The van der Waals surface area contributed by atoms with Gasteiger partial charge in [-0.05, 0) is 31.4 Å². The molecule has 2 rings (SSSR count). The Hall–Kier alpha value is -1.04. The maximum Gasteiger partial charge on any atom is 0.123 e. The minimum Gasteiger partial charge on any atom is -0.388 e. The third kappa shape index (κ3) is 3.96. The maximum absolute atomic E-state index is 5.71. The number of hydrogen-bond donors (Lipinski definition) is 1. The van der Waals surface area contributed by atoms with Crippen LogP contribution in [-0.4, -0.2) is 40.7 Å². The Morgan fingerprint density at radius 3 is 2.89 bits per heavy atom. The number of pyridine rings is 1. The lowest BCUT2D eigenvalue weighted by atomic mass is 10.1. The summed E-state index contributed by atoms with van der Waals surface area (Å²) in [6.45, 7) is 5.82. The van der Waals surface area contributed by atoms with E-state index in [1.807, 2.05) is 6.07 Å². The molecule has 4 nitrogen and oxygen atoms in total. The second kappa shape index (κ2) is 6.93. The molecule has 1 aliphatic heterocycles. The van der Waals surface area contributed by atoms with Gasteiger partial charge in [0.05, 0.1) is 6.10 Å². The van der Waals surface area contributed by atoms with Gasteiger partial charge in [-0.15, -0.1) is 0 Å². The highest BCUT2D eigenvalue weighted by molar-refractivity contribution is 7.80. The molecule has 5 heteroatoms. The highest BCUT2D eigenvalue weighted by atomic mass is 32.1. The van der Waals surface area contributed by atoms with Gasteiger partial charge in [0.15, 0.2) is 0 Å². The van der Waals surface area contributed by atoms with Gasteiger partial charge in [-0.25, -0.2) is 0 Å². The summed E-state index contributed by atoms with van der Waals surface area (Å²) in [4.78, 5) is 7.06. The van der Waals surface area contributed by atoms with Crippen molar-refractivity contribution in [2.75, 3.05) is 19.7 Å². The Morgan fingerprint density at radius 2 is 2.26 bits per heavy atom. The molecule has 1 aliphatic rings. The molecular weight excluding hydrogens is 258 g/mol. The lowest BCUT2D eigenvalue weighted by molar-refractivity contribution is 0.0125. The summed E-state index contributed by atoms with van der Waals surface area (Å²) in [7, 11) is 0. The molecule has 0 aromatic carbocycles. The summed E-state index contributed by atoms with van der Waals surface area (Å²) in [6.07, 6.45) is 4.34. The summed E-state index contributed by atoms with van der Waals surface area (Å²) < 4.78 is 5.66. The molecular formula is C14H21N3OS. The van der Waals surface area contributed by atoms with Gasteiger partial charge in [-0.3, -0.25) is 9.88 Å². The minimum atomic E-state index is 0.375. The van der Waals surface area contributed by atoms with Gasteiger partial charge in [0, 0.05) is 32.4 Å². The topological polar surface area (TPSA) is 51.4 Å². The molecule has 0 radical (unpaired) electrons. The number of hydrogen-bond acceptors (Lipinski definition) is 4. The van der Waals surface area contributed by atoms with Gasteiger partial charge < -0.3 is 10.5 Å². The Kier molecular flexibility index (Phi) is 5.24. The third-order valence-corrected chi connectivity index (χ3v) is 3.65. The summed E-state index contributed by atoms with van der Waals surface area (Å²) >= 11 is 5.05. The van der Waals surface area contributed by atoms with Crippen molar-refractivity contribution in [3.05, 3.63) is 29.6 Å². The lowest BCUT2D eigenvalue weighted by Crippen LogP contribution is -2.37. The number of nitrogens with two attached hydrogens (primary N) is 1. The van der Waals surface area contributed by atoms with E-state index in [-0.39, 0.29) is 0 Å². The Morgan fingerprint density at radius 1 is 1.53 bits per heavy atom. The summed E-state index contributed by atoms with van der Waals surface area (Å²) in [6, 6.07) is 3.99. The smallest absolute Gasteiger partial charge is 0.123 e. The monoisotopic (exact) mass is 279 g/mol. The van der Waals surface area contributed by atoms with Gasteiger partial charge in [-0.1, -0.05) is 18.3 Å². The Labute approximate surface area is 120 Å². The van der Waals surface area contributed by atoms with Crippen molar-refractivity contribution >= 4 is 17.2 Å². The molecule has 2 N–H and O–H groups in total. The normalized spacial score (nSPS) is 17.5. The number of likely N-dealkylation sites (tertiary alicyclic amines) is 1. The van der Waals surface area contributed by atoms with E-state index in [1.54, 1.807) is 6.20 Å². The first kappa shape index (κ1) is 14.4. The molecule has 1 saturated heterocycles. The van der Waals surface area contributed by atoms with Gasteiger partial charge >= 0.3 is 0 Å². The van der Waals surface area contributed by atoms with Crippen LogP contribution in [0, 0.1) is 0 Å². The van der Waals surface area contributed by atoms with E-state index in [9.17, 15) is 0 Å². The average Bonchev–Trinajstić information content (AvgIpc) is 2.42. The largest absolute Gasteiger partial charge is 0.388 e. The minimum absolute atomic E-state index is 0.375. The second-order valence-corrected chi connectivity index (χ2v) is 5.25. The second-order valence-electron chi connectivity index (χ2n) is 4.81. The van der Waals surface area contributed by atoms with E-state index in [2.05, 4.69) is 22.9 Å². The fourth-order valence-corrected chi connectivity index (χ4v) is 2.68. The van der Waals surface area contributed by atoms with Gasteiger partial charge in [0.1, 0.15) is 10.7 Å². The molecule has 0 atom stereocenters. The quantitative estimate of drug-likeness (QED) is 0.832. The number of rotatable bonds is 5. The van der Waals surface area contributed by atoms with E-state index in [0.717, 1.165) is 50.3 Å². The number of nitrogens with zero attached hydrogens (tertiary/aromatic N) is 2. The van der Waals surface area contributed by atoms with Crippen molar-refractivity contribution in [1.82, 2.24) is 9.88 Å². The SMILES string of the molecule is CCOC1CCN(Cc2cccnc2C(N)=S)CC1. The molecule has 0 amide bonds. The zero-order valence-electron chi connectivity index (χ0n) is 11.3. The van der Waals surface area contributed by atoms with Crippen LogP contribution >= 0.6 is 12.2 Å². The maximum atomic E-state index is 5.71. The van der Waals surface area contributed by atoms with E-state index in [4.69, 9.17) is 22.7 Å². The third-order valence-electron chi connectivity index (χ3n) is 3.46. The number of ether oxygens (including phenoxy) is 1. The van der Waals surface area contributed by atoms with Crippen LogP contribution in [0.15, 0.2) is 18.3 Å². The molecule has 1 aromatic heterocycles. The first-order valence-electron chi connectivity index (χ1n) is 6.78. The number of piperidine rings is 1. The van der Waals surface area contributed by atoms with Crippen LogP contribution in [0.4, 0.5) is 0 Å². The molecule has 1 aromatic rings. The Balaban J connectivity index is 1.94. The molecule has 104 valence electrons. The predicted octanol–water partition coefficient (Wildman–Crippen LogP) is 1.72. The molecule has 0 bridgehead atoms. The van der Waals surface area contributed by atoms with E-state index in [0.29, 0.717) is 11.1 Å². The first-order valence-corrected chi connectivity index (χ1v) is 7.19. The molecule has 2 heterocycles. The summed E-state index contributed by atoms with van der Waals surface area (Å²) in [5.41, 5.74) is 7.58. The fraction of sp³-hybridized carbons (Fsp3) is 0.571. The molecule has 0 saturated carbocycles. The van der Waals surface area contributed by atoms with Crippen LogP contribution in [0.3, 0.4) is 0 Å². The van der Waals surface area contributed by atoms with Crippen molar-refractivity contribution in [3.63, 3.8) is 0 Å². The zero-order chi connectivity index (χ0) is 13.7. The van der Waals surface area contributed by atoms with E-state index >= 15 is 0 Å². The van der Waals surface area contributed by atoms with Crippen molar-refractivity contribution in [2.24, 2.45) is 5.73 Å². The predicted molar refractivity (Wildman–Crippen MR) is 80.0 cm³/mol. The van der Waals surface area contributed by atoms with E-state index in [1.165, 1.54) is 0 Å². The lowest BCUT2D eigenvalue weighted by Gasteiger charge is -2.31. The molecule has 19 heavy (non-hydrogen) atoms. The van der Waals surface area contributed by atoms with Crippen molar-refractivity contribution in [2.45, 2.75) is 32.4 Å². The van der Waals surface area contributed by atoms with Crippen molar-refractivity contribution < 1.29 is 4.74 Å². The van der Waals surface area contributed by atoms with Crippen molar-refractivity contribution in [3.8, 4) is 0 Å². The van der Waals surface area contributed by atoms with Gasteiger partial charge in [-0.2, -0.15) is 0 Å². The van der Waals surface area contributed by atoms with Gasteiger partial charge in [0.25, 0.3) is 0 Å². The summed E-state index contributed by atoms with van der Waals surface area (Å²) in [5, 5.41) is 0. The van der Waals surface area contributed by atoms with Crippen LogP contribution in [0.25, 0.3) is 0 Å². The van der Waals surface area contributed by atoms with Crippen LogP contribution in [-0.2, 0) is 11.3 Å². The van der Waals surface area contributed by atoms with E-state index < -0.39 is 0 Å². The molecule has 0 unspecified atom stereocenters. The van der Waals surface area contributed by atoms with Crippen LogP contribution < -0.4 is 5.73 Å². The van der Waals surface area contributed by atoms with Crippen LogP contribution in [0.2, 0.25) is 0 Å².